The first-order chi connectivity index (χ1) is 6.86. The molecule has 0 unspecified atom stereocenters. The third kappa shape index (κ3) is 2.22. The minimum Gasteiger partial charge on any atom is -0.367 e. The molecule has 76 valence electrons. The third-order valence-electron chi connectivity index (χ3n) is 2.79. The Bertz CT molecular complexity index is 295. The molecule has 1 N–H and O–H groups in total. The second-order valence-corrected chi connectivity index (χ2v) is 3.87. The Balaban J connectivity index is 1.88. The SMILES string of the molecule is Fc1cccnc1NCC1CCCC1. The first-order valence-electron chi connectivity index (χ1n) is 5.20. The van der Waals surface area contributed by atoms with Gasteiger partial charge in [0.1, 0.15) is 0 Å². The topological polar surface area (TPSA) is 24.9 Å². The highest BCUT2D eigenvalue weighted by atomic mass is 19.1. The molecule has 0 radical (unpaired) electrons. The van der Waals surface area contributed by atoms with E-state index in [1.807, 2.05) is 0 Å². The van der Waals surface area contributed by atoms with Crippen LogP contribution in [0.3, 0.4) is 0 Å². The molecule has 1 aromatic rings. The highest BCUT2D eigenvalue weighted by Crippen LogP contribution is 2.24. The molecule has 0 bridgehead atoms. The van der Waals surface area contributed by atoms with Gasteiger partial charge in [0.05, 0.1) is 0 Å². The molecule has 2 rings (SSSR count). The van der Waals surface area contributed by atoms with Crippen molar-refractivity contribution in [2.24, 2.45) is 5.92 Å². The summed E-state index contributed by atoms with van der Waals surface area (Å²) < 4.78 is 13.1. The number of hydrogen-bond acceptors (Lipinski definition) is 2. The fourth-order valence-corrected chi connectivity index (χ4v) is 1.97. The number of pyridine rings is 1. The average Bonchev–Trinajstić information content (AvgIpc) is 2.69. The van der Waals surface area contributed by atoms with Crippen molar-refractivity contribution in [2.45, 2.75) is 25.7 Å². The van der Waals surface area contributed by atoms with Crippen molar-refractivity contribution in [1.29, 1.82) is 0 Å². The quantitative estimate of drug-likeness (QED) is 0.800. The van der Waals surface area contributed by atoms with Gasteiger partial charge in [0.25, 0.3) is 0 Å². The normalized spacial score (nSPS) is 17.2. The second kappa shape index (κ2) is 4.40. The van der Waals surface area contributed by atoms with E-state index in [4.69, 9.17) is 0 Å². The van der Waals surface area contributed by atoms with Crippen LogP contribution in [-0.2, 0) is 0 Å². The van der Waals surface area contributed by atoms with Crippen molar-refractivity contribution in [3.8, 4) is 0 Å². The van der Waals surface area contributed by atoms with Crippen molar-refractivity contribution in [3.63, 3.8) is 0 Å². The van der Waals surface area contributed by atoms with Crippen molar-refractivity contribution < 1.29 is 4.39 Å². The van der Waals surface area contributed by atoms with Crippen LogP contribution in [0.25, 0.3) is 0 Å². The molecule has 0 atom stereocenters. The van der Waals surface area contributed by atoms with E-state index in [1.54, 1.807) is 12.3 Å². The highest BCUT2D eigenvalue weighted by molar-refractivity contribution is 5.35. The van der Waals surface area contributed by atoms with Crippen molar-refractivity contribution >= 4 is 5.82 Å². The van der Waals surface area contributed by atoms with Crippen LogP contribution in [0.15, 0.2) is 18.3 Å². The molecule has 0 saturated heterocycles. The Labute approximate surface area is 83.6 Å². The van der Waals surface area contributed by atoms with Gasteiger partial charge in [0.2, 0.25) is 0 Å². The summed E-state index contributed by atoms with van der Waals surface area (Å²) in [6.45, 7) is 0.855. The van der Waals surface area contributed by atoms with Crippen molar-refractivity contribution in [1.82, 2.24) is 4.98 Å². The Morgan fingerprint density at radius 2 is 2.21 bits per heavy atom. The monoisotopic (exact) mass is 194 g/mol. The van der Waals surface area contributed by atoms with Crippen molar-refractivity contribution in [2.75, 3.05) is 11.9 Å². The Morgan fingerprint density at radius 1 is 1.43 bits per heavy atom. The molecular formula is C11H15FN2. The molecule has 1 saturated carbocycles. The van der Waals surface area contributed by atoms with Gasteiger partial charge >= 0.3 is 0 Å². The molecule has 14 heavy (non-hydrogen) atoms. The van der Waals surface area contributed by atoms with Crippen LogP contribution < -0.4 is 5.32 Å². The molecular weight excluding hydrogens is 179 g/mol. The van der Waals surface area contributed by atoms with Crippen LogP contribution in [-0.4, -0.2) is 11.5 Å². The van der Waals surface area contributed by atoms with E-state index in [0.29, 0.717) is 11.7 Å². The van der Waals surface area contributed by atoms with Crippen LogP contribution in [0.4, 0.5) is 10.2 Å². The maximum atomic E-state index is 13.1. The molecule has 1 aromatic heterocycles. The number of rotatable bonds is 3. The lowest BCUT2D eigenvalue weighted by Gasteiger charge is -2.10. The predicted molar refractivity (Wildman–Crippen MR) is 54.6 cm³/mol. The van der Waals surface area contributed by atoms with Gasteiger partial charge in [-0.2, -0.15) is 0 Å². The lowest BCUT2D eigenvalue weighted by Crippen LogP contribution is -2.12. The zero-order chi connectivity index (χ0) is 9.80. The summed E-state index contributed by atoms with van der Waals surface area (Å²) in [5.41, 5.74) is 0. The Morgan fingerprint density at radius 3 is 2.93 bits per heavy atom. The molecule has 1 aliphatic carbocycles. The average molecular weight is 194 g/mol. The van der Waals surface area contributed by atoms with Gasteiger partial charge in [-0.15, -0.1) is 0 Å². The number of halogens is 1. The van der Waals surface area contributed by atoms with Gasteiger partial charge in [0, 0.05) is 12.7 Å². The first kappa shape index (κ1) is 9.44. The fourth-order valence-electron chi connectivity index (χ4n) is 1.97. The van der Waals surface area contributed by atoms with Crippen LogP contribution in [0.1, 0.15) is 25.7 Å². The van der Waals surface area contributed by atoms with Crippen molar-refractivity contribution in [3.05, 3.63) is 24.1 Å². The van der Waals surface area contributed by atoms with Crippen LogP contribution in [0.2, 0.25) is 0 Å². The van der Waals surface area contributed by atoms with Crippen LogP contribution in [0, 0.1) is 11.7 Å². The highest BCUT2D eigenvalue weighted by Gasteiger charge is 2.15. The summed E-state index contributed by atoms with van der Waals surface area (Å²) in [5.74, 6) is 0.835. The molecule has 2 nitrogen and oxygen atoms in total. The summed E-state index contributed by atoms with van der Waals surface area (Å²) >= 11 is 0. The number of hydrogen-bond donors (Lipinski definition) is 1. The standard InChI is InChI=1S/C11H15FN2/c12-10-6-3-7-13-11(10)14-8-9-4-1-2-5-9/h3,6-7,9H,1-2,4-5,8H2,(H,13,14). The van der Waals surface area contributed by atoms with E-state index in [-0.39, 0.29) is 5.82 Å². The summed E-state index contributed by atoms with van der Waals surface area (Å²) in [5, 5.41) is 3.07. The minimum atomic E-state index is -0.259. The smallest absolute Gasteiger partial charge is 0.165 e. The van der Waals surface area contributed by atoms with Crippen LogP contribution in [0.5, 0.6) is 0 Å². The third-order valence-corrected chi connectivity index (χ3v) is 2.79. The second-order valence-electron chi connectivity index (χ2n) is 3.87. The lowest BCUT2D eigenvalue weighted by molar-refractivity contribution is 0.571. The molecule has 1 aliphatic rings. The molecule has 0 amide bonds. The number of nitrogens with zero attached hydrogens (tertiary/aromatic N) is 1. The van der Waals surface area contributed by atoms with Gasteiger partial charge in [-0.1, -0.05) is 12.8 Å². The molecule has 1 heterocycles. The number of aromatic nitrogens is 1. The minimum absolute atomic E-state index is 0.259. The Kier molecular flexibility index (Phi) is 2.96. The Hall–Kier alpha value is -1.12. The lowest BCUT2D eigenvalue weighted by atomic mass is 10.1. The fraction of sp³-hybridized carbons (Fsp3) is 0.545. The molecule has 3 heteroatoms. The molecule has 0 aromatic carbocycles. The summed E-state index contributed by atoms with van der Waals surface area (Å²) in [6.07, 6.45) is 6.77. The largest absolute Gasteiger partial charge is 0.367 e. The van der Waals surface area contributed by atoms with Gasteiger partial charge in [-0.3, -0.25) is 0 Å². The summed E-state index contributed by atoms with van der Waals surface area (Å²) in [6, 6.07) is 3.04. The molecule has 0 aliphatic heterocycles. The number of anilines is 1. The van der Waals surface area contributed by atoms with Gasteiger partial charge in [-0.25, -0.2) is 9.37 Å². The zero-order valence-corrected chi connectivity index (χ0v) is 8.17. The van der Waals surface area contributed by atoms with E-state index in [9.17, 15) is 4.39 Å². The van der Waals surface area contributed by atoms with Crippen LogP contribution >= 0.6 is 0 Å². The van der Waals surface area contributed by atoms with Gasteiger partial charge in [-0.05, 0) is 30.9 Å². The van der Waals surface area contributed by atoms with E-state index in [2.05, 4.69) is 10.3 Å². The van der Waals surface area contributed by atoms with E-state index in [1.165, 1.54) is 31.7 Å². The van der Waals surface area contributed by atoms with E-state index >= 15 is 0 Å². The van der Waals surface area contributed by atoms with E-state index < -0.39 is 0 Å². The molecule has 0 spiro atoms. The first-order valence-corrected chi connectivity index (χ1v) is 5.20. The van der Waals surface area contributed by atoms with E-state index in [0.717, 1.165) is 6.54 Å². The van der Waals surface area contributed by atoms with Gasteiger partial charge in [0.15, 0.2) is 11.6 Å². The maximum Gasteiger partial charge on any atom is 0.165 e. The molecule has 1 fully saturated rings. The maximum absolute atomic E-state index is 13.1. The predicted octanol–water partition coefficient (Wildman–Crippen LogP) is 2.82. The zero-order valence-electron chi connectivity index (χ0n) is 8.17. The van der Waals surface area contributed by atoms with Gasteiger partial charge < -0.3 is 5.32 Å². The summed E-state index contributed by atoms with van der Waals surface area (Å²) in [4.78, 5) is 3.95. The number of nitrogens with one attached hydrogen (secondary N) is 1. The summed E-state index contributed by atoms with van der Waals surface area (Å²) in [7, 11) is 0.